The number of amides is 1. The zero-order valence-electron chi connectivity index (χ0n) is 17.8. The van der Waals surface area contributed by atoms with Gasteiger partial charge in [0.1, 0.15) is 0 Å². The molecule has 2 heterocycles. The third-order valence-electron chi connectivity index (χ3n) is 9.40. The Kier molecular flexibility index (Phi) is 4.92. The highest BCUT2D eigenvalue weighted by Crippen LogP contribution is 2.68. The Morgan fingerprint density at radius 3 is 2.70 bits per heavy atom. The van der Waals surface area contributed by atoms with Crippen LogP contribution in [0.15, 0.2) is 24.4 Å². The molecule has 3 aliphatic carbocycles. The third kappa shape index (κ3) is 3.01. The van der Waals surface area contributed by atoms with Gasteiger partial charge in [0.2, 0.25) is 5.91 Å². The molecule has 30 heavy (non-hydrogen) atoms. The molecule has 0 bridgehead atoms. The monoisotopic (exact) mass is 428 g/mol. The standard InChI is InChI=1S/C24H32N2O3S/c1-23-10-8-16-21(15(23)7-6-14(23)17-5-3-4-12-25-17)18(30-22(28)29)13-19-24(16,2)11-9-20(27)26-19/h3-5,12,14-16,18-19,21H,6-11,13H2,1-2H3,(H,26,27)(H,28,29)/t14?,15-,16+,18?,19?,21-,23+,24+/m0/s1. The number of pyridine rings is 1. The maximum absolute atomic E-state index is 12.1. The lowest BCUT2D eigenvalue weighted by Gasteiger charge is -2.62. The Balaban J connectivity index is 1.51. The molecule has 5 rings (SSSR count). The summed E-state index contributed by atoms with van der Waals surface area (Å²) in [5.74, 6) is 1.99. The number of carboxylic acid groups (broad SMARTS) is 1. The second-order valence-electron chi connectivity index (χ2n) is 10.5. The van der Waals surface area contributed by atoms with Gasteiger partial charge in [-0.2, -0.15) is 0 Å². The predicted octanol–water partition coefficient (Wildman–Crippen LogP) is 5.08. The van der Waals surface area contributed by atoms with Crippen molar-refractivity contribution in [2.24, 2.45) is 28.6 Å². The summed E-state index contributed by atoms with van der Waals surface area (Å²) in [6.45, 7) is 4.81. The molecule has 4 aliphatic rings. The molecule has 1 aromatic rings. The molecule has 1 saturated heterocycles. The topological polar surface area (TPSA) is 79.3 Å². The van der Waals surface area contributed by atoms with E-state index in [2.05, 4.69) is 31.3 Å². The van der Waals surface area contributed by atoms with E-state index in [9.17, 15) is 14.7 Å². The van der Waals surface area contributed by atoms with Gasteiger partial charge in [0.25, 0.3) is 0 Å². The average Bonchev–Trinajstić information content (AvgIpc) is 3.06. The van der Waals surface area contributed by atoms with E-state index >= 15 is 0 Å². The Hall–Kier alpha value is -1.56. The highest BCUT2D eigenvalue weighted by atomic mass is 32.2. The molecule has 3 saturated carbocycles. The average molecular weight is 429 g/mol. The van der Waals surface area contributed by atoms with E-state index in [-0.39, 0.29) is 28.0 Å². The highest BCUT2D eigenvalue weighted by molar-refractivity contribution is 8.13. The SMILES string of the molecule is C[C@]12CCC(=O)NC1CC(SC(=O)O)[C@@H]1[C@H]2CC[C@]2(C)C(c3ccccn3)CC[C@@H]12. The van der Waals surface area contributed by atoms with E-state index in [0.717, 1.165) is 43.9 Å². The fraction of sp³-hybridized carbons (Fsp3) is 0.708. The molecule has 8 atom stereocenters. The number of fused-ring (bicyclic) bond motifs is 5. The van der Waals surface area contributed by atoms with E-state index in [1.165, 1.54) is 12.1 Å². The number of hydrogen-bond acceptors (Lipinski definition) is 4. The van der Waals surface area contributed by atoms with Gasteiger partial charge in [-0.15, -0.1) is 0 Å². The van der Waals surface area contributed by atoms with E-state index < -0.39 is 5.30 Å². The van der Waals surface area contributed by atoms with Crippen LogP contribution >= 0.6 is 11.8 Å². The molecule has 0 aromatic carbocycles. The number of carbonyl (C=O) groups excluding carboxylic acids is 1. The van der Waals surface area contributed by atoms with Crippen molar-refractivity contribution in [3.05, 3.63) is 30.1 Å². The van der Waals surface area contributed by atoms with Crippen LogP contribution in [0.2, 0.25) is 0 Å². The highest BCUT2D eigenvalue weighted by Gasteiger charge is 2.63. The fourth-order valence-corrected chi connectivity index (χ4v) is 9.04. The summed E-state index contributed by atoms with van der Waals surface area (Å²) in [6.07, 6.45) is 8.80. The minimum atomic E-state index is -0.781. The molecule has 1 aromatic heterocycles. The summed E-state index contributed by atoms with van der Waals surface area (Å²) in [7, 11) is 0. The molecule has 4 fully saturated rings. The number of thioether (sulfide) groups is 1. The van der Waals surface area contributed by atoms with E-state index in [4.69, 9.17) is 4.98 Å². The molecule has 0 radical (unpaired) electrons. The maximum atomic E-state index is 12.1. The summed E-state index contributed by atoms with van der Waals surface area (Å²) in [6, 6.07) is 6.34. The van der Waals surface area contributed by atoms with Crippen molar-refractivity contribution >= 4 is 23.0 Å². The molecule has 3 unspecified atom stereocenters. The zero-order chi connectivity index (χ0) is 21.1. The lowest BCUT2D eigenvalue weighted by atomic mass is 9.46. The number of carbonyl (C=O) groups is 2. The van der Waals surface area contributed by atoms with Crippen LogP contribution in [0.1, 0.15) is 70.4 Å². The van der Waals surface area contributed by atoms with E-state index in [0.29, 0.717) is 30.1 Å². The number of piperidine rings is 1. The predicted molar refractivity (Wildman–Crippen MR) is 117 cm³/mol. The van der Waals surface area contributed by atoms with Crippen molar-refractivity contribution in [1.82, 2.24) is 10.3 Å². The van der Waals surface area contributed by atoms with E-state index in [1.807, 2.05) is 12.3 Å². The van der Waals surface area contributed by atoms with Gasteiger partial charge in [0.05, 0.1) is 0 Å². The molecule has 162 valence electrons. The van der Waals surface area contributed by atoms with Crippen molar-refractivity contribution < 1.29 is 14.7 Å². The third-order valence-corrected chi connectivity index (χ3v) is 10.4. The summed E-state index contributed by atoms with van der Waals surface area (Å²) >= 11 is 1.11. The number of rotatable bonds is 2. The second kappa shape index (κ2) is 7.25. The quantitative estimate of drug-likeness (QED) is 0.687. The first-order chi connectivity index (χ1) is 14.3. The smallest absolute Gasteiger partial charge is 0.365 e. The molecule has 1 aliphatic heterocycles. The van der Waals surface area contributed by atoms with Gasteiger partial charge in [-0.1, -0.05) is 19.9 Å². The minimum absolute atomic E-state index is 0.0658. The normalized spacial score (nSPS) is 45.1. The van der Waals surface area contributed by atoms with Crippen LogP contribution in [0.5, 0.6) is 0 Å². The molecule has 1 amide bonds. The lowest BCUT2D eigenvalue weighted by Crippen LogP contribution is -2.64. The largest absolute Gasteiger partial charge is 0.473 e. The summed E-state index contributed by atoms with van der Waals surface area (Å²) < 4.78 is 0. The molecule has 6 heteroatoms. The van der Waals surface area contributed by atoms with Crippen LogP contribution in [0.3, 0.4) is 0 Å². The Bertz CT molecular complexity index is 848. The van der Waals surface area contributed by atoms with Crippen LogP contribution < -0.4 is 5.32 Å². The number of nitrogens with zero attached hydrogens (tertiary/aromatic N) is 1. The van der Waals surface area contributed by atoms with Gasteiger partial charge in [-0.25, -0.2) is 4.79 Å². The van der Waals surface area contributed by atoms with E-state index in [1.54, 1.807) is 0 Å². The first-order valence-electron chi connectivity index (χ1n) is 11.4. The molecule has 2 N–H and O–H groups in total. The van der Waals surface area contributed by atoms with Gasteiger partial charge >= 0.3 is 5.30 Å². The van der Waals surface area contributed by atoms with Crippen LogP contribution in [0.25, 0.3) is 0 Å². The minimum Gasteiger partial charge on any atom is -0.473 e. The number of hydrogen-bond donors (Lipinski definition) is 2. The van der Waals surface area contributed by atoms with Crippen molar-refractivity contribution in [2.45, 2.75) is 76.0 Å². The Morgan fingerprint density at radius 1 is 1.17 bits per heavy atom. The fourth-order valence-electron chi connectivity index (χ4n) is 7.96. The molecular weight excluding hydrogens is 396 g/mol. The molecule has 0 spiro atoms. The zero-order valence-corrected chi connectivity index (χ0v) is 18.7. The number of nitrogens with one attached hydrogen (secondary N) is 1. The maximum Gasteiger partial charge on any atom is 0.365 e. The molecular formula is C24H32N2O3S. The first kappa shape index (κ1) is 20.3. The van der Waals surface area contributed by atoms with Gasteiger partial charge < -0.3 is 10.4 Å². The van der Waals surface area contributed by atoms with Crippen LogP contribution in [-0.2, 0) is 4.79 Å². The van der Waals surface area contributed by atoms with Crippen molar-refractivity contribution in [3.63, 3.8) is 0 Å². The second-order valence-corrected chi connectivity index (χ2v) is 11.7. The first-order valence-corrected chi connectivity index (χ1v) is 12.3. The van der Waals surface area contributed by atoms with Gasteiger partial charge in [0.15, 0.2) is 0 Å². The van der Waals surface area contributed by atoms with Crippen molar-refractivity contribution in [1.29, 1.82) is 0 Å². The van der Waals surface area contributed by atoms with Crippen LogP contribution in [0, 0.1) is 28.6 Å². The number of aromatic nitrogens is 1. The van der Waals surface area contributed by atoms with Gasteiger partial charge in [-0.05, 0) is 91.0 Å². The lowest BCUT2D eigenvalue weighted by molar-refractivity contribution is -0.135. The van der Waals surface area contributed by atoms with Gasteiger partial charge in [-0.3, -0.25) is 9.78 Å². The van der Waals surface area contributed by atoms with Gasteiger partial charge in [0, 0.05) is 35.5 Å². The summed E-state index contributed by atoms with van der Waals surface area (Å²) in [5, 5.41) is 12.2. The molecule has 5 nitrogen and oxygen atoms in total. The summed E-state index contributed by atoms with van der Waals surface area (Å²) in [5.41, 5.74) is 1.46. The summed E-state index contributed by atoms with van der Waals surface area (Å²) in [4.78, 5) is 28.6. The van der Waals surface area contributed by atoms with Crippen LogP contribution in [-0.4, -0.2) is 32.6 Å². The Labute approximate surface area is 182 Å². The van der Waals surface area contributed by atoms with Crippen molar-refractivity contribution in [3.8, 4) is 0 Å². The Morgan fingerprint density at radius 2 is 1.97 bits per heavy atom. The van der Waals surface area contributed by atoms with Crippen LogP contribution in [0.4, 0.5) is 4.79 Å². The van der Waals surface area contributed by atoms with Crippen molar-refractivity contribution in [2.75, 3.05) is 0 Å².